The van der Waals surface area contributed by atoms with Crippen molar-refractivity contribution < 1.29 is 14.0 Å². The number of aryl methyl sites for hydroxylation is 1. The zero-order chi connectivity index (χ0) is 14.8. The maximum absolute atomic E-state index is 12.1. The van der Waals surface area contributed by atoms with Gasteiger partial charge in [0.15, 0.2) is 5.76 Å². The van der Waals surface area contributed by atoms with E-state index >= 15 is 0 Å². The van der Waals surface area contributed by atoms with Gasteiger partial charge in [-0.25, -0.2) is 0 Å². The highest BCUT2D eigenvalue weighted by Crippen LogP contribution is 2.32. The number of rotatable bonds is 2. The molecule has 21 heavy (non-hydrogen) atoms. The Balaban J connectivity index is 1.62. The SMILES string of the molecule is CC1CCc2sc(C(=O)NNC(=O)c3ccco3)cc2C1. The van der Waals surface area contributed by atoms with E-state index < -0.39 is 5.91 Å². The van der Waals surface area contributed by atoms with Crippen LogP contribution in [0.4, 0.5) is 0 Å². The van der Waals surface area contributed by atoms with E-state index in [1.165, 1.54) is 40.5 Å². The predicted molar refractivity (Wildman–Crippen MR) is 79.1 cm³/mol. The Bertz CT molecular complexity index is 661. The minimum atomic E-state index is -0.469. The molecule has 2 N–H and O–H groups in total. The molecular formula is C15H16N2O3S. The second-order valence-corrected chi connectivity index (χ2v) is 6.43. The van der Waals surface area contributed by atoms with Crippen LogP contribution in [-0.2, 0) is 12.8 Å². The van der Waals surface area contributed by atoms with Gasteiger partial charge in [-0.15, -0.1) is 11.3 Å². The van der Waals surface area contributed by atoms with Crippen LogP contribution in [0.2, 0.25) is 0 Å². The lowest BCUT2D eigenvalue weighted by molar-refractivity contribution is 0.0833. The lowest BCUT2D eigenvalue weighted by Crippen LogP contribution is -2.41. The molecule has 0 fully saturated rings. The molecule has 0 saturated carbocycles. The number of hydrogen-bond acceptors (Lipinski definition) is 4. The fourth-order valence-electron chi connectivity index (χ4n) is 2.46. The van der Waals surface area contributed by atoms with Crippen LogP contribution in [0.1, 0.15) is 44.0 Å². The van der Waals surface area contributed by atoms with Gasteiger partial charge < -0.3 is 4.42 Å². The molecule has 0 aromatic carbocycles. The van der Waals surface area contributed by atoms with Gasteiger partial charge >= 0.3 is 5.91 Å². The lowest BCUT2D eigenvalue weighted by atomic mass is 9.90. The molecular weight excluding hydrogens is 288 g/mol. The Hall–Kier alpha value is -2.08. The van der Waals surface area contributed by atoms with Gasteiger partial charge in [0.05, 0.1) is 11.1 Å². The maximum atomic E-state index is 12.1. The van der Waals surface area contributed by atoms with E-state index in [9.17, 15) is 9.59 Å². The molecule has 2 heterocycles. The van der Waals surface area contributed by atoms with Crippen LogP contribution in [0.25, 0.3) is 0 Å². The van der Waals surface area contributed by atoms with E-state index in [-0.39, 0.29) is 11.7 Å². The number of hydrazine groups is 1. The molecule has 1 atom stereocenters. The molecule has 1 aliphatic rings. The zero-order valence-corrected chi connectivity index (χ0v) is 12.5. The van der Waals surface area contributed by atoms with E-state index in [1.807, 2.05) is 6.07 Å². The van der Waals surface area contributed by atoms with E-state index in [0.29, 0.717) is 10.8 Å². The molecule has 3 rings (SSSR count). The van der Waals surface area contributed by atoms with Crippen molar-refractivity contribution in [3.63, 3.8) is 0 Å². The number of furan rings is 1. The van der Waals surface area contributed by atoms with Gasteiger partial charge in [-0.05, 0) is 48.9 Å². The molecule has 1 aliphatic carbocycles. The molecule has 0 saturated heterocycles. The highest BCUT2D eigenvalue weighted by atomic mass is 32.1. The molecule has 2 aromatic heterocycles. The summed E-state index contributed by atoms with van der Waals surface area (Å²) in [5.41, 5.74) is 6.03. The molecule has 5 nitrogen and oxygen atoms in total. The second-order valence-electron chi connectivity index (χ2n) is 5.29. The molecule has 2 aromatic rings. The fraction of sp³-hybridized carbons (Fsp3) is 0.333. The van der Waals surface area contributed by atoms with E-state index in [1.54, 1.807) is 6.07 Å². The summed E-state index contributed by atoms with van der Waals surface area (Å²) in [6.07, 6.45) is 4.64. The Morgan fingerprint density at radius 1 is 1.33 bits per heavy atom. The third-order valence-electron chi connectivity index (χ3n) is 3.59. The second kappa shape index (κ2) is 5.73. The molecule has 0 bridgehead atoms. The smallest absolute Gasteiger partial charge is 0.305 e. The number of hydrogen-bond donors (Lipinski definition) is 2. The third-order valence-corrected chi connectivity index (χ3v) is 4.82. The zero-order valence-electron chi connectivity index (χ0n) is 11.6. The van der Waals surface area contributed by atoms with Crippen molar-refractivity contribution >= 4 is 23.2 Å². The van der Waals surface area contributed by atoms with Crippen LogP contribution < -0.4 is 10.9 Å². The van der Waals surface area contributed by atoms with Gasteiger partial charge in [0.2, 0.25) is 0 Å². The Morgan fingerprint density at radius 3 is 2.90 bits per heavy atom. The number of amides is 2. The van der Waals surface area contributed by atoms with Crippen molar-refractivity contribution in [1.29, 1.82) is 0 Å². The largest absolute Gasteiger partial charge is 0.459 e. The Morgan fingerprint density at radius 2 is 2.14 bits per heavy atom. The normalized spacial score (nSPS) is 17.1. The molecule has 1 unspecified atom stereocenters. The average Bonchev–Trinajstić information content (AvgIpc) is 3.12. The van der Waals surface area contributed by atoms with Gasteiger partial charge in [0.25, 0.3) is 5.91 Å². The van der Waals surface area contributed by atoms with Crippen molar-refractivity contribution in [2.24, 2.45) is 5.92 Å². The number of thiophene rings is 1. The van der Waals surface area contributed by atoms with E-state index in [0.717, 1.165) is 12.8 Å². The van der Waals surface area contributed by atoms with Crippen molar-refractivity contribution in [2.75, 3.05) is 0 Å². The first kappa shape index (κ1) is 13.9. The number of nitrogens with one attached hydrogen (secondary N) is 2. The summed E-state index contributed by atoms with van der Waals surface area (Å²) in [6, 6.07) is 5.09. The summed E-state index contributed by atoms with van der Waals surface area (Å²) >= 11 is 1.51. The summed E-state index contributed by atoms with van der Waals surface area (Å²) < 4.78 is 4.95. The van der Waals surface area contributed by atoms with Gasteiger partial charge in [-0.2, -0.15) is 0 Å². The average molecular weight is 304 g/mol. The van der Waals surface area contributed by atoms with Crippen molar-refractivity contribution in [1.82, 2.24) is 10.9 Å². The first-order chi connectivity index (χ1) is 10.1. The molecule has 6 heteroatoms. The molecule has 0 radical (unpaired) electrons. The minimum Gasteiger partial charge on any atom is -0.459 e. The highest BCUT2D eigenvalue weighted by Gasteiger charge is 2.21. The number of carbonyl (C=O) groups is 2. The molecule has 110 valence electrons. The number of carbonyl (C=O) groups excluding carboxylic acids is 2. The standard InChI is InChI=1S/C15H16N2O3S/c1-9-4-5-12-10(7-9)8-13(21-12)15(19)17-16-14(18)11-3-2-6-20-11/h2-3,6,8-9H,4-5,7H2,1H3,(H,16,18)(H,17,19). The monoisotopic (exact) mass is 304 g/mol. The van der Waals surface area contributed by atoms with Crippen LogP contribution in [0.15, 0.2) is 28.9 Å². The van der Waals surface area contributed by atoms with Crippen LogP contribution in [0.3, 0.4) is 0 Å². The first-order valence-corrected chi connectivity index (χ1v) is 7.71. The molecule has 0 spiro atoms. The summed E-state index contributed by atoms with van der Waals surface area (Å²) in [5.74, 6) is 0.0708. The van der Waals surface area contributed by atoms with E-state index in [4.69, 9.17) is 4.42 Å². The Labute approximate surface area is 126 Å². The van der Waals surface area contributed by atoms with Crippen molar-refractivity contribution in [3.05, 3.63) is 45.5 Å². The predicted octanol–water partition coefficient (Wildman–Crippen LogP) is 2.54. The van der Waals surface area contributed by atoms with Gasteiger partial charge in [0.1, 0.15) is 0 Å². The lowest BCUT2D eigenvalue weighted by Gasteiger charge is -2.16. The summed E-state index contributed by atoms with van der Waals surface area (Å²) in [5, 5.41) is 0. The Kier molecular flexibility index (Phi) is 3.79. The minimum absolute atomic E-state index is 0.162. The quantitative estimate of drug-likeness (QED) is 0.838. The van der Waals surface area contributed by atoms with E-state index in [2.05, 4.69) is 17.8 Å². The van der Waals surface area contributed by atoms with Gasteiger partial charge in [-0.1, -0.05) is 6.92 Å². The summed E-state index contributed by atoms with van der Waals surface area (Å²) in [6.45, 7) is 2.23. The van der Waals surface area contributed by atoms with Crippen molar-refractivity contribution in [3.8, 4) is 0 Å². The number of fused-ring (bicyclic) bond motifs is 1. The molecule has 2 amide bonds. The van der Waals surface area contributed by atoms with Gasteiger partial charge in [-0.3, -0.25) is 20.4 Å². The topological polar surface area (TPSA) is 71.3 Å². The maximum Gasteiger partial charge on any atom is 0.305 e. The molecule has 0 aliphatic heterocycles. The van der Waals surface area contributed by atoms with Crippen LogP contribution in [-0.4, -0.2) is 11.8 Å². The first-order valence-electron chi connectivity index (χ1n) is 6.89. The third kappa shape index (κ3) is 3.00. The summed E-state index contributed by atoms with van der Waals surface area (Å²) in [4.78, 5) is 25.7. The highest BCUT2D eigenvalue weighted by molar-refractivity contribution is 7.14. The van der Waals surface area contributed by atoms with Crippen LogP contribution in [0.5, 0.6) is 0 Å². The summed E-state index contributed by atoms with van der Waals surface area (Å²) in [7, 11) is 0. The van der Waals surface area contributed by atoms with Crippen LogP contribution >= 0.6 is 11.3 Å². The van der Waals surface area contributed by atoms with Crippen molar-refractivity contribution in [2.45, 2.75) is 26.2 Å². The van der Waals surface area contributed by atoms with Crippen LogP contribution in [0, 0.1) is 5.92 Å². The van der Waals surface area contributed by atoms with Gasteiger partial charge in [0, 0.05) is 4.88 Å². The fourth-order valence-corrected chi connectivity index (χ4v) is 3.57.